The summed E-state index contributed by atoms with van der Waals surface area (Å²) >= 11 is 12.1. The van der Waals surface area contributed by atoms with E-state index in [2.05, 4.69) is 10.3 Å². The lowest BCUT2D eigenvalue weighted by molar-refractivity contribution is -0.116. The highest BCUT2D eigenvalue weighted by Gasteiger charge is 2.20. The number of benzene rings is 2. The number of anilines is 1. The van der Waals surface area contributed by atoms with Gasteiger partial charge in [-0.05, 0) is 24.6 Å². The van der Waals surface area contributed by atoms with Gasteiger partial charge in [0.2, 0.25) is 5.91 Å². The Hall–Kier alpha value is -3.36. The summed E-state index contributed by atoms with van der Waals surface area (Å²) < 4.78 is 3.96. The number of nitrogens with one attached hydrogen (secondary N) is 1. The zero-order valence-electron chi connectivity index (χ0n) is 17.1. The fourth-order valence-electron chi connectivity index (χ4n) is 3.46. The van der Waals surface area contributed by atoms with Gasteiger partial charge in [-0.2, -0.15) is 0 Å². The third kappa shape index (κ3) is 4.06. The van der Waals surface area contributed by atoms with Crippen LogP contribution in [-0.2, 0) is 24.4 Å². The number of aromatic nitrogens is 4. The minimum Gasteiger partial charge on any atom is -0.325 e. The number of carbonyl (C=O) groups is 1. The van der Waals surface area contributed by atoms with Crippen LogP contribution >= 0.6 is 23.2 Å². The molecule has 4 rings (SSSR count). The molecule has 0 unspecified atom stereocenters. The number of nitrogens with zero attached hydrogens (tertiary/aromatic N) is 4. The SMILES string of the molecule is CCn1cnc2c1c(=O)n(CC(=O)Nc1cccc(Cl)c1Cl)c(=O)n2Cc1ccccc1. The quantitative estimate of drug-likeness (QED) is 0.466. The molecule has 0 saturated carbocycles. The summed E-state index contributed by atoms with van der Waals surface area (Å²) in [4.78, 5) is 43.4. The van der Waals surface area contributed by atoms with Crippen LogP contribution in [0.1, 0.15) is 12.5 Å². The van der Waals surface area contributed by atoms with Crippen LogP contribution in [0.5, 0.6) is 0 Å². The molecule has 2 heterocycles. The van der Waals surface area contributed by atoms with E-state index in [1.807, 2.05) is 37.3 Å². The van der Waals surface area contributed by atoms with Crippen molar-refractivity contribution in [2.24, 2.45) is 0 Å². The van der Waals surface area contributed by atoms with Crippen molar-refractivity contribution in [3.8, 4) is 0 Å². The maximum Gasteiger partial charge on any atom is 0.333 e. The minimum absolute atomic E-state index is 0.177. The lowest BCUT2D eigenvalue weighted by Gasteiger charge is -2.13. The van der Waals surface area contributed by atoms with Gasteiger partial charge in [0.05, 0.1) is 28.6 Å². The van der Waals surface area contributed by atoms with Crippen LogP contribution < -0.4 is 16.6 Å². The van der Waals surface area contributed by atoms with Crippen molar-refractivity contribution in [2.45, 2.75) is 26.6 Å². The van der Waals surface area contributed by atoms with Crippen molar-refractivity contribution in [1.82, 2.24) is 18.7 Å². The van der Waals surface area contributed by atoms with Crippen LogP contribution in [0.3, 0.4) is 0 Å². The summed E-state index contributed by atoms with van der Waals surface area (Å²) in [6.45, 7) is 2.07. The third-order valence-electron chi connectivity index (χ3n) is 5.04. The summed E-state index contributed by atoms with van der Waals surface area (Å²) in [5.41, 5.74) is 0.488. The van der Waals surface area contributed by atoms with E-state index >= 15 is 0 Å². The first kappa shape index (κ1) is 21.9. The van der Waals surface area contributed by atoms with Crippen LogP contribution in [0.2, 0.25) is 10.0 Å². The molecule has 0 radical (unpaired) electrons. The Morgan fingerprint density at radius 1 is 1.03 bits per heavy atom. The molecule has 10 heteroatoms. The number of halogens is 2. The first-order valence-corrected chi connectivity index (χ1v) is 10.6. The average molecular weight is 472 g/mol. The van der Waals surface area contributed by atoms with Crippen LogP contribution in [0.4, 0.5) is 5.69 Å². The smallest absolute Gasteiger partial charge is 0.325 e. The molecular weight excluding hydrogens is 453 g/mol. The van der Waals surface area contributed by atoms with Crippen LogP contribution in [0.15, 0.2) is 64.4 Å². The van der Waals surface area contributed by atoms with Gasteiger partial charge in [0.15, 0.2) is 11.2 Å². The summed E-state index contributed by atoms with van der Waals surface area (Å²) in [5, 5.41) is 3.06. The molecule has 4 aromatic rings. The standard InChI is InChI=1S/C22H19Cl2N5O3/c1-2-27-13-25-20-19(27)21(31)29(22(32)28(20)11-14-7-4-3-5-8-14)12-17(30)26-16-10-6-9-15(23)18(16)24/h3-10,13H,2,11-12H2,1H3,(H,26,30). The summed E-state index contributed by atoms with van der Waals surface area (Å²) in [5.74, 6) is -0.582. The van der Waals surface area contributed by atoms with Crippen molar-refractivity contribution in [2.75, 3.05) is 5.32 Å². The van der Waals surface area contributed by atoms with Gasteiger partial charge in [0, 0.05) is 6.54 Å². The Bertz CT molecular complexity index is 1420. The summed E-state index contributed by atoms with van der Waals surface area (Å²) in [7, 11) is 0. The van der Waals surface area contributed by atoms with Gasteiger partial charge in [0.1, 0.15) is 6.54 Å². The van der Waals surface area contributed by atoms with Crippen molar-refractivity contribution in [3.63, 3.8) is 0 Å². The van der Waals surface area contributed by atoms with Crippen molar-refractivity contribution in [3.05, 3.63) is 91.3 Å². The number of hydrogen-bond donors (Lipinski definition) is 1. The van der Waals surface area contributed by atoms with E-state index in [1.165, 1.54) is 10.9 Å². The van der Waals surface area contributed by atoms with E-state index in [0.29, 0.717) is 12.2 Å². The molecule has 0 aliphatic heterocycles. The van der Waals surface area contributed by atoms with Gasteiger partial charge in [-0.15, -0.1) is 0 Å². The maximum absolute atomic E-state index is 13.3. The normalized spacial score (nSPS) is 11.1. The average Bonchev–Trinajstić information content (AvgIpc) is 3.22. The molecule has 1 N–H and O–H groups in total. The Morgan fingerprint density at radius 3 is 2.50 bits per heavy atom. The predicted molar refractivity (Wildman–Crippen MR) is 125 cm³/mol. The first-order valence-electron chi connectivity index (χ1n) is 9.87. The number of carbonyl (C=O) groups excluding carboxylic acids is 1. The first-order chi connectivity index (χ1) is 15.4. The van der Waals surface area contributed by atoms with E-state index < -0.39 is 23.7 Å². The largest absolute Gasteiger partial charge is 0.333 e. The maximum atomic E-state index is 13.3. The van der Waals surface area contributed by atoms with Crippen molar-refractivity contribution >= 4 is 46.0 Å². The topological polar surface area (TPSA) is 90.9 Å². The molecule has 0 aliphatic rings. The minimum atomic E-state index is -0.625. The van der Waals surface area contributed by atoms with Gasteiger partial charge in [0.25, 0.3) is 5.56 Å². The molecule has 0 atom stereocenters. The number of amides is 1. The molecular formula is C22H19Cl2N5O3. The van der Waals surface area contributed by atoms with Gasteiger partial charge in [-0.25, -0.2) is 14.3 Å². The fourth-order valence-corrected chi connectivity index (χ4v) is 3.81. The number of hydrogen-bond acceptors (Lipinski definition) is 4. The van der Waals surface area contributed by atoms with Gasteiger partial charge < -0.3 is 9.88 Å². The molecule has 32 heavy (non-hydrogen) atoms. The third-order valence-corrected chi connectivity index (χ3v) is 5.85. The van der Waals surface area contributed by atoms with Crippen molar-refractivity contribution in [1.29, 1.82) is 0 Å². The zero-order chi connectivity index (χ0) is 22.8. The van der Waals surface area contributed by atoms with Gasteiger partial charge in [-0.3, -0.25) is 14.2 Å². The Labute approximate surface area is 192 Å². The number of fused-ring (bicyclic) bond motifs is 1. The van der Waals surface area contributed by atoms with E-state index in [9.17, 15) is 14.4 Å². The van der Waals surface area contributed by atoms with Crippen LogP contribution in [0.25, 0.3) is 11.2 Å². The fraction of sp³-hybridized carbons (Fsp3) is 0.182. The van der Waals surface area contributed by atoms with E-state index in [4.69, 9.17) is 23.2 Å². The lowest BCUT2D eigenvalue weighted by Crippen LogP contribution is -2.43. The molecule has 0 fully saturated rings. The Balaban J connectivity index is 1.78. The van der Waals surface area contributed by atoms with E-state index in [1.54, 1.807) is 22.8 Å². The summed E-state index contributed by atoms with van der Waals surface area (Å²) in [6, 6.07) is 14.1. The number of aryl methyl sites for hydroxylation is 1. The molecule has 8 nitrogen and oxygen atoms in total. The molecule has 1 amide bonds. The highest BCUT2D eigenvalue weighted by molar-refractivity contribution is 6.43. The predicted octanol–water partition coefficient (Wildman–Crippen LogP) is 3.37. The molecule has 0 aliphatic carbocycles. The van der Waals surface area contributed by atoms with Crippen LogP contribution in [0, 0.1) is 0 Å². The van der Waals surface area contributed by atoms with Crippen molar-refractivity contribution < 1.29 is 4.79 Å². The highest BCUT2D eigenvalue weighted by atomic mass is 35.5. The van der Waals surface area contributed by atoms with E-state index in [-0.39, 0.29) is 27.8 Å². The van der Waals surface area contributed by atoms with E-state index in [0.717, 1.165) is 10.1 Å². The number of rotatable bonds is 6. The van der Waals surface area contributed by atoms with Crippen LogP contribution in [-0.4, -0.2) is 24.6 Å². The highest BCUT2D eigenvalue weighted by Crippen LogP contribution is 2.29. The summed E-state index contributed by atoms with van der Waals surface area (Å²) in [6.07, 6.45) is 1.52. The second kappa shape index (κ2) is 9.02. The Kier molecular flexibility index (Phi) is 6.16. The molecule has 0 saturated heterocycles. The molecule has 2 aromatic carbocycles. The molecule has 0 bridgehead atoms. The monoisotopic (exact) mass is 471 g/mol. The van der Waals surface area contributed by atoms with Gasteiger partial charge in [-0.1, -0.05) is 59.6 Å². The second-order valence-electron chi connectivity index (χ2n) is 7.10. The molecule has 0 spiro atoms. The number of imidazole rings is 1. The lowest BCUT2D eigenvalue weighted by atomic mass is 10.2. The second-order valence-corrected chi connectivity index (χ2v) is 7.88. The Morgan fingerprint density at radius 2 is 1.78 bits per heavy atom. The molecule has 2 aromatic heterocycles. The zero-order valence-corrected chi connectivity index (χ0v) is 18.6. The molecule has 164 valence electrons. The van der Waals surface area contributed by atoms with Gasteiger partial charge >= 0.3 is 5.69 Å².